The van der Waals surface area contributed by atoms with Crippen molar-refractivity contribution >= 4 is 5.97 Å². The Hall–Kier alpha value is -1.25. The maximum absolute atomic E-state index is 11.2. The monoisotopic (exact) mass is 196 g/mol. The summed E-state index contributed by atoms with van der Waals surface area (Å²) in [5.74, 6) is 1.21. The molecule has 0 radical (unpaired) electrons. The van der Waals surface area contributed by atoms with Gasteiger partial charge >= 0.3 is 5.97 Å². The molecule has 1 heterocycles. The zero-order chi connectivity index (χ0) is 10.4. The zero-order valence-corrected chi connectivity index (χ0v) is 8.71. The zero-order valence-electron chi connectivity index (χ0n) is 8.71. The first-order valence-electron chi connectivity index (χ1n) is 4.91. The fraction of sp³-hybridized carbons (Fsp3) is 0.545. The summed E-state index contributed by atoms with van der Waals surface area (Å²) in [5, 5.41) is 0. The summed E-state index contributed by atoms with van der Waals surface area (Å²) < 4.78 is 10.2. The molecule has 1 aliphatic rings. The van der Waals surface area contributed by atoms with Crippen LogP contribution in [0.25, 0.3) is 0 Å². The molecule has 0 aromatic carbocycles. The Morgan fingerprint density at radius 1 is 1.57 bits per heavy atom. The predicted octanol–water partition coefficient (Wildman–Crippen LogP) is 2.54. The van der Waals surface area contributed by atoms with E-state index in [0.29, 0.717) is 11.5 Å². The number of ether oxygens (including phenoxy) is 2. The molecule has 0 unspecified atom stereocenters. The number of methoxy groups -OCH3 is 1. The number of carbonyl (C=O) groups is 1. The van der Waals surface area contributed by atoms with E-state index in [2.05, 4.69) is 6.92 Å². The van der Waals surface area contributed by atoms with Gasteiger partial charge in [0.2, 0.25) is 0 Å². The summed E-state index contributed by atoms with van der Waals surface area (Å²) >= 11 is 0. The highest BCUT2D eigenvalue weighted by molar-refractivity contribution is 5.73. The summed E-state index contributed by atoms with van der Waals surface area (Å²) in [6.45, 7) is 2.10. The Morgan fingerprint density at radius 2 is 2.36 bits per heavy atom. The lowest BCUT2D eigenvalue weighted by atomic mass is 10.2. The quantitative estimate of drug-likeness (QED) is 0.648. The minimum atomic E-state index is -0.209. The average molecular weight is 196 g/mol. The Kier molecular flexibility index (Phi) is 4.23. The third-order valence-electron chi connectivity index (χ3n) is 2.03. The van der Waals surface area contributed by atoms with E-state index in [0.717, 1.165) is 19.3 Å². The molecular weight excluding hydrogens is 180 g/mol. The molecular formula is C11H16O3. The number of carbonyl (C=O) groups excluding carboxylic acids is 1. The van der Waals surface area contributed by atoms with Crippen molar-refractivity contribution in [2.24, 2.45) is 0 Å². The third-order valence-corrected chi connectivity index (χ3v) is 2.03. The second-order valence-electron chi connectivity index (χ2n) is 3.20. The van der Waals surface area contributed by atoms with Gasteiger partial charge in [-0.05, 0) is 12.5 Å². The summed E-state index contributed by atoms with van der Waals surface area (Å²) in [6, 6.07) is 0. The number of rotatable bonds is 4. The normalized spacial score (nSPS) is 16.6. The van der Waals surface area contributed by atoms with Crippen LogP contribution in [0.5, 0.6) is 0 Å². The van der Waals surface area contributed by atoms with Crippen molar-refractivity contribution in [3.8, 4) is 0 Å². The molecule has 0 bridgehead atoms. The molecule has 0 saturated carbocycles. The first-order chi connectivity index (χ1) is 6.76. The van der Waals surface area contributed by atoms with Gasteiger partial charge in [0.25, 0.3) is 0 Å². The van der Waals surface area contributed by atoms with Crippen molar-refractivity contribution in [3.63, 3.8) is 0 Å². The molecule has 0 amide bonds. The molecule has 0 N–H and O–H groups in total. The van der Waals surface area contributed by atoms with Crippen molar-refractivity contribution in [1.29, 1.82) is 0 Å². The maximum Gasteiger partial charge on any atom is 0.314 e. The number of hydrogen-bond acceptors (Lipinski definition) is 3. The van der Waals surface area contributed by atoms with E-state index in [1.165, 1.54) is 0 Å². The lowest BCUT2D eigenvalue weighted by molar-refractivity contribution is -0.138. The molecule has 1 rings (SSSR count). The van der Waals surface area contributed by atoms with Crippen molar-refractivity contribution in [2.45, 2.75) is 32.6 Å². The highest BCUT2D eigenvalue weighted by Crippen LogP contribution is 2.17. The van der Waals surface area contributed by atoms with Crippen molar-refractivity contribution in [2.75, 3.05) is 7.11 Å². The lowest BCUT2D eigenvalue weighted by Crippen LogP contribution is -2.01. The molecule has 3 nitrogen and oxygen atoms in total. The molecule has 0 saturated heterocycles. The van der Waals surface area contributed by atoms with E-state index < -0.39 is 0 Å². The van der Waals surface area contributed by atoms with Gasteiger partial charge in [-0.25, -0.2) is 0 Å². The van der Waals surface area contributed by atoms with Gasteiger partial charge in [-0.2, -0.15) is 0 Å². The van der Waals surface area contributed by atoms with Gasteiger partial charge in [0, 0.05) is 12.5 Å². The van der Waals surface area contributed by atoms with Crippen LogP contribution in [-0.4, -0.2) is 13.1 Å². The van der Waals surface area contributed by atoms with E-state index in [9.17, 15) is 4.79 Å². The van der Waals surface area contributed by atoms with Gasteiger partial charge in [-0.3, -0.25) is 4.79 Å². The Labute approximate surface area is 84.4 Å². The summed E-state index contributed by atoms with van der Waals surface area (Å²) in [6.07, 6.45) is 6.72. The molecule has 14 heavy (non-hydrogen) atoms. The molecule has 1 aliphatic heterocycles. The van der Waals surface area contributed by atoms with Crippen LogP contribution in [0.1, 0.15) is 32.6 Å². The topological polar surface area (TPSA) is 35.5 Å². The maximum atomic E-state index is 11.2. The molecule has 0 aromatic heterocycles. The van der Waals surface area contributed by atoms with Gasteiger partial charge in [-0.15, -0.1) is 0 Å². The van der Waals surface area contributed by atoms with Crippen LogP contribution in [0.3, 0.4) is 0 Å². The van der Waals surface area contributed by atoms with Crippen LogP contribution < -0.4 is 0 Å². The summed E-state index contributed by atoms with van der Waals surface area (Å²) in [4.78, 5) is 11.2. The highest BCUT2D eigenvalue weighted by Gasteiger charge is 2.11. The van der Waals surface area contributed by atoms with Crippen LogP contribution in [0.15, 0.2) is 23.7 Å². The minimum Gasteiger partial charge on any atom is -0.497 e. The van der Waals surface area contributed by atoms with Crippen LogP contribution in [0.2, 0.25) is 0 Å². The smallest absolute Gasteiger partial charge is 0.314 e. The number of unbranched alkanes of at least 4 members (excludes halogenated alkanes) is 1. The van der Waals surface area contributed by atoms with Gasteiger partial charge in [0.15, 0.2) is 0 Å². The standard InChI is InChI=1S/C11H16O3/c1-3-4-5-10-8-9(13-2)6-7-11(12)14-10/h6,8H,3-5,7H2,1-2H3. The van der Waals surface area contributed by atoms with Crippen LogP contribution >= 0.6 is 0 Å². The third kappa shape index (κ3) is 3.24. The fourth-order valence-corrected chi connectivity index (χ4v) is 1.24. The first kappa shape index (κ1) is 10.8. The molecule has 78 valence electrons. The average Bonchev–Trinajstić information content (AvgIpc) is 2.37. The van der Waals surface area contributed by atoms with Gasteiger partial charge in [0.1, 0.15) is 11.5 Å². The van der Waals surface area contributed by atoms with E-state index in [-0.39, 0.29) is 12.4 Å². The van der Waals surface area contributed by atoms with Gasteiger partial charge in [-0.1, -0.05) is 13.3 Å². The number of hydrogen-bond donors (Lipinski definition) is 0. The number of allylic oxidation sites excluding steroid dienone is 2. The molecule has 0 aromatic rings. The molecule has 0 aliphatic carbocycles. The Balaban J connectivity index is 2.66. The second-order valence-corrected chi connectivity index (χ2v) is 3.20. The molecule has 3 heteroatoms. The molecule has 0 fully saturated rings. The number of esters is 1. The van der Waals surface area contributed by atoms with Gasteiger partial charge < -0.3 is 9.47 Å². The summed E-state index contributed by atoms with van der Waals surface area (Å²) in [7, 11) is 1.59. The first-order valence-corrected chi connectivity index (χ1v) is 4.91. The summed E-state index contributed by atoms with van der Waals surface area (Å²) in [5.41, 5.74) is 0. The number of cyclic esters (lactones) is 1. The minimum absolute atomic E-state index is 0.209. The molecule has 0 spiro atoms. The fourth-order valence-electron chi connectivity index (χ4n) is 1.24. The Morgan fingerprint density at radius 3 is 3.00 bits per heavy atom. The van der Waals surface area contributed by atoms with E-state index in [1.807, 2.05) is 0 Å². The van der Waals surface area contributed by atoms with E-state index in [4.69, 9.17) is 9.47 Å². The van der Waals surface area contributed by atoms with E-state index in [1.54, 1.807) is 19.3 Å². The van der Waals surface area contributed by atoms with Crippen molar-refractivity contribution in [1.82, 2.24) is 0 Å². The van der Waals surface area contributed by atoms with Crippen molar-refractivity contribution < 1.29 is 14.3 Å². The van der Waals surface area contributed by atoms with Crippen LogP contribution in [-0.2, 0) is 14.3 Å². The van der Waals surface area contributed by atoms with Crippen LogP contribution in [0, 0.1) is 0 Å². The largest absolute Gasteiger partial charge is 0.497 e. The highest BCUT2D eigenvalue weighted by atomic mass is 16.5. The lowest BCUT2D eigenvalue weighted by Gasteiger charge is -2.05. The predicted molar refractivity (Wildman–Crippen MR) is 53.4 cm³/mol. The SMILES string of the molecule is CCCCC1=CC(OC)=CCC(=O)O1. The van der Waals surface area contributed by atoms with E-state index >= 15 is 0 Å². The van der Waals surface area contributed by atoms with Crippen molar-refractivity contribution in [3.05, 3.63) is 23.7 Å². The van der Waals surface area contributed by atoms with Gasteiger partial charge in [0.05, 0.1) is 13.5 Å². The van der Waals surface area contributed by atoms with Crippen LogP contribution in [0.4, 0.5) is 0 Å². The molecule has 0 atom stereocenters. The Bertz CT molecular complexity index is 264. The second kappa shape index (κ2) is 5.47.